The zero-order valence-electron chi connectivity index (χ0n) is 19.8. The fourth-order valence-corrected chi connectivity index (χ4v) is 12.0. The molecular formula is C25H54P+. The van der Waals surface area contributed by atoms with Crippen molar-refractivity contribution >= 4 is 7.26 Å². The molecule has 3 aliphatic carbocycles. The molecule has 1 heteroatoms. The highest BCUT2D eigenvalue weighted by Crippen LogP contribution is 2.74. The first-order chi connectivity index (χ1) is 12.8. The maximum Gasteiger partial charge on any atom is 0.0700 e. The minimum Gasteiger partial charge on any atom is -0.0683 e. The summed E-state index contributed by atoms with van der Waals surface area (Å²) >= 11 is 0. The summed E-state index contributed by atoms with van der Waals surface area (Å²) in [5, 5.41) is 0. The highest BCUT2D eigenvalue weighted by atomic mass is 31.2. The summed E-state index contributed by atoms with van der Waals surface area (Å²) in [6.45, 7) is 14.9. The van der Waals surface area contributed by atoms with Gasteiger partial charge in [-0.3, -0.25) is 0 Å². The van der Waals surface area contributed by atoms with E-state index in [4.69, 9.17) is 0 Å². The molecule has 26 heavy (non-hydrogen) atoms. The van der Waals surface area contributed by atoms with Crippen molar-refractivity contribution in [2.24, 2.45) is 0 Å². The van der Waals surface area contributed by atoms with E-state index in [1.54, 1.807) is 77.0 Å². The van der Waals surface area contributed by atoms with Crippen LogP contribution in [0.4, 0.5) is 0 Å². The second-order valence-electron chi connectivity index (χ2n) is 8.10. The molecule has 0 aromatic heterocycles. The van der Waals surface area contributed by atoms with E-state index < -0.39 is 7.26 Å². The Morgan fingerprint density at radius 3 is 0.769 bits per heavy atom. The molecule has 3 aliphatic rings. The van der Waals surface area contributed by atoms with E-state index >= 15 is 0 Å². The van der Waals surface area contributed by atoms with Gasteiger partial charge in [-0.1, -0.05) is 60.8 Å². The van der Waals surface area contributed by atoms with Crippen LogP contribution in [0.25, 0.3) is 0 Å². The van der Waals surface area contributed by atoms with Gasteiger partial charge >= 0.3 is 0 Å². The molecule has 3 rings (SSSR count). The largest absolute Gasteiger partial charge is 0.0700 e. The van der Waals surface area contributed by atoms with Crippen molar-refractivity contribution < 1.29 is 0 Å². The van der Waals surface area contributed by atoms with E-state index in [1.165, 1.54) is 36.2 Å². The quantitative estimate of drug-likeness (QED) is 0.424. The monoisotopic (exact) mass is 385 g/mol. The van der Waals surface area contributed by atoms with Crippen LogP contribution in [-0.2, 0) is 0 Å². The van der Waals surface area contributed by atoms with Crippen LogP contribution in [0.15, 0.2) is 0 Å². The molecule has 0 aromatic carbocycles. The molecule has 0 bridgehead atoms. The first-order valence-corrected chi connectivity index (χ1v) is 15.1. The summed E-state index contributed by atoms with van der Waals surface area (Å²) < 4.78 is 0. The lowest BCUT2D eigenvalue weighted by atomic mass is 9.99. The van der Waals surface area contributed by atoms with Gasteiger partial charge in [0.25, 0.3) is 0 Å². The maximum atomic E-state index is 2.87. The Morgan fingerprint density at radius 1 is 0.385 bits per heavy atom. The summed E-state index contributed by atoms with van der Waals surface area (Å²) in [7, 11) is -0.696. The van der Waals surface area contributed by atoms with Gasteiger partial charge in [-0.2, -0.15) is 0 Å². The number of hydrogen-bond donors (Lipinski definition) is 0. The third kappa shape index (κ3) is 7.45. The zero-order valence-corrected chi connectivity index (χ0v) is 20.7. The molecule has 0 saturated heterocycles. The van der Waals surface area contributed by atoms with Gasteiger partial charge in [-0.15, -0.1) is 0 Å². The van der Waals surface area contributed by atoms with E-state index in [1.807, 2.05) is 41.5 Å². The smallest absolute Gasteiger partial charge is 0.0683 e. The molecule has 0 spiro atoms. The lowest BCUT2D eigenvalue weighted by Gasteiger charge is -2.46. The maximum absolute atomic E-state index is 2.87. The van der Waals surface area contributed by atoms with E-state index in [0.29, 0.717) is 0 Å². The fourth-order valence-electron chi connectivity index (χ4n) is 5.81. The first-order valence-electron chi connectivity index (χ1n) is 12.7. The Balaban J connectivity index is 0.000000948. The van der Waals surface area contributed by atoms with Crippen molar-refractivity contribution in [1.29, 1.82) is 0 Å². The average molecular weight is 386 g/mol. The third-order valence-corrected chi connectivity index (χ3v) is 13.4. The van der Waals surface area contributed by atoms with E-state index in [0.717, 1.165) is 0 Å². The average Bonchev–Trinajstić information content (AvgIpc) is 2.79. The Hall–Kier alpha value is 0.430. The van der Waals surface area contributed by atoms with Gasteiger partial charge in [0.2, 0.25) is 0 Å². The van der Waals surface area contributed by atoms with Crippen LogP contribution in [-0.4, -0.2) is 23.6 Å². The van der Waals surface area contributed by atoms with Crippen molar-refractivity contribution in [3.8, 4) is 0 Å². The van der Waals surface area contributed by atoms with Crippen LogP contribution in [0.2, 0.25) is 0 Å². The summed E-state index contributed by atoms with van der Waals surface area (Å²) in [4.78, 5) is 0. The second-order valence-corrected chi connectivity index (χ2v) is 12.7. The predicted molar refractivity (Wildman–Crippen MR) is 128 cm³/mol. The van der Waals surface area contributed by atoms with E-state index in [9.17, 15) is 0 Å². The van der Waals surface area contributed by atoms with Crippen LogP contribution >= 0.6 is 7.26 Å². The predicted octanol–water partition coefficient (Wildman–Crippen LogP) is 9.71. The molecule has 0 N–H and O–H groups in total. The Morgan fingerprint density at radius 2 is 0.577 bits per heavy atom. The highest BCUT2D eigenvalue weighted by molar-refractivity contribution is 7.77. The molecule has 0 amide bonds. The van der Waals surface area contributed by atoms with Crippen molar-refractivity contribution in [3.05, 3.63) is 0 Å². The van der Waals surface area contributed by atoms with Crippen molar-refractivity contribution in [3.63, 3.8) is 0 Å². The molecular weight excluding hydrogens is 331 g/mol. The molecule has 0 heterocycles. The molecule has 0 aromatic rings. The Kier molecular flexibility index (Phi) is 16.7. The van der Waals surface area contributed by atoms with E-state index in [2.05, 4.69) is 6.66 Å². The minimum atomic E-state index is -0.696. The topological polar surface area (TPSA) is 0 Å². The zero-order chi connectivity index (χ0) is 19.8. The SMILES string of the molecule is CC.CC.CC.C[P+](C1CCCCC1)(C1CCCCC1)C1CCCCC1. The van der Waals surface area contributed by atoms with Crippen molar-refractivity contribution in [2.45, 2.75) is 155 Å². The highest BCUT2D eigenvalue weighted by Gasteiger charge is 2.53. The van der Waals surface area contributed by atoms with E-state index in [-0.39, 0.29) is 0 Å². The molecule has 0 radical (unpaired) electrons. The molecule has 0 unspecified atom stereocenters. The van der Waals surface area contributed by atoms with Crippen LogP contribution in [0, 0.1) is 0 Å². The molecule has 158 valence electrons. The van der Waals surface area contributed by atoms with Gasteiger partial charge in [0.05, 0.1) is 17.0 Å². The van der Waals surface area contributed by atoms with Gasteiger partial charge in [-0.05, 0) is 77.0 Å². The van der Waals surface area contributed by atoms with Gasteiger partial charge in [0, 0.05) is 13.9 Å². The lowest BCUT2D eigenvalue weighted by molar-refractivity contribution is 0.453. The minimum absolute atomic E-state index is 0.696. The molecule has 0 atom stereocenters. The van der Waals surface area contributed by atoms with Gasteiger partial charge < -0.3 is 0 Å². The summed E-state index contributed by atoms with van der Waals surface area (Å²) in [5.74, 6) is 0. The van der Waals surface area contributed by atoms with Crippen molar-refractivity contribution in [1.82, 2.24) is 0 Å². The third-order valence-electron chi connectivity index (χ3n) is 7.08. The van der Waals surface area contributed by atoms with Crippen LogP contribution in [0.1, 0.15) is 138 Å². The fraction of sp³-hybridized carbons (Fsp3) is 1.00. The van der Waals surface area contributed by atoms with Crippen LogP contribution < -0.4 is 0 Å². The van der Waals surface area contributed by atoms with Gasteiger partial charge in [0.1, 0.15) is 0 Å². The Bertz CT molecular complexity index is 235. The molecule has 0 aliphatic heterocycles. The van der Waals surface area contributed by atoms with Crippen molar-refractivity contribution in [2.75, 3.05) is 6.66 Å². The molecule has 0 nitrogen and oxygen atoms in total. The lowest BCUT2D eigenvalue weighted by Crippen LogP contribution is -2.35. The normalized spacial score (nSPS) is 22.7. The van der Waals surface area contributed by atoms with Crippen LogP contribution in [0.5, 0.6) is 0 Å². The van der Waals surface area contributed by atoms with Crippen LogP contribution in [0.3, 0.4) is 0 Å². The molecule has 3 fully saturated rings. The summed E-state index contributed by atoms with van der Waals surface area (Å²) in [6, 6.07) is 0. The molecule has 3 saturated carbocycles. The van der Waals surface area contributed by atoms with Gasteiger partial charge in [0.15, 0.2) is 0 Å². The number of hydrogen-bond acceptors (Lipinski definition) is 0. The number of rotatable bonds is 3. The summed E-state index contributed by atoms with van der Waals surface area (Å²) in [6.07, 6.45) is 23.6. The summed E-state index contributed by atoms with van der Waals surface area (Å²) in [5.41, 5.74) is 3.55. The first kappa shape index (κ1) is 26.4. The standard InChI is InChI=1S/C19H36P.3C2H6/c1-20(17-11-5-2-6-12-17,18-13-7-3-8-14-18)19-15-9-4-10-16-19;3*1-2/h17-19H,2-16H2,1H3;3*1-2H3/q+1;;;. The Labute approximate surface area is 169 Å². The van der Waals surface area contributed by atoms with Gasteiger partial charge in [-0.25, -0.2) is 0 Å². The second kappa shape index (κ2) is 16.4.